The van der Waals surface area contributed by atoms with Crippen LogP contribution >= 0.6 is 0 Å². The zero-order valence-electron chi connectivity index (χ0n) is 13.6. The van der Waals surface area contributed by atoms with Crippen LogP contribution in [-0.4, -0.2) is 41.9 Å². The molecular weight excluding hydrogens is 292 g/mol. The largest absolute Gasteiger partial charge is 0.492 e. The van der Waals surface area contributed by atoms with Crippen molar-refractivity contribution in [1.82, 2.24) is 10.2 Å². The lowest BCUT2D eigenvalue weighted by Crippen LogP contribution is -2.50. The average molecular weight is 316 g/mol. The predicted molar refractivity (Wildman–Crippen MR) is 87.5 cm³/mol. The summed E-state index contributed by atoms with van der Waals surface area (Å²) in [6.07, 6.45) is 4.84. The number of hydrogen-bond acceptors (Lipinski definition) is 3. The molecule has 5 nitrogen and oxygen atoms in total. The van der Waals surface area contributed by atoms with E-state index < -0.39 is 0 Å². The normalized spacial score (nSPS) is 19.3. The van der Waals surface area contributed by atoms with E-state index in [1.54, 1.807) is 12.1 Å². The van der Waals surface area contributed by atoms with E-state index in [0.29, 0.717) is 30.9 Å². The van der Waals surface area contributed by atoms with Gasteiger partial charge < -0.3 is 15.0 Å². The minimum Gasteiger partial charge on any atom is -0.492 e. The monoisotopic (exact) mass is 316 g/mol. The van der Waals surface area contributed by atoms with Gasteiger partial charge in [-0.1, -0.05) is 6.07 Å². The lowest BCUT2D eigenvalue weighted by molar-refractivity contribution is -0.128. The Morgan fingerprint density at radius 1 is 1.35 bits per heavy atom. The van der Waals surface area contributed by atoms with Gasteiger partial charge in [-0.05, 0) is 50.8 Å². The van der Waals surface area contributed by atoms with Crippen LogP contribution < -0.4 is 10.1 Å². The molecule has 1 saturated carbocycles. The highest BCUT2D eigenvalue weighted by Gasteiger charge is 2.33. The number of nitrogens with zero attached hydrogens (tertiary/aromatic N) is 1. The third-order valence-corrected chi connectivity index (χ3v) is 4.77. The molecule has 1 aromatic carbocycles. The maximum absolute atomic E-state index is 12.3. The first-order valence-electron chi connectivity index (χ1n) is 8.39. The molecule has 1 heterocycles. The molecule has 5 heteroatoms. The fourth-order valence-corrected chi connectivity index (χ4v) is 3.12. The van der Waals surface area contributed by atoms with Crippen LogP contribution in [0.4, 0.5) is 0 Å². The van der Waals surface area contributed by atoms with Gasteiger partial charge in [0.2, 0.25) is 5.91 Å². The number of rotatable bonds is 6. The lowest BCUT2D eigenvalue weighted by atomic mass is 9.78. The summed E-state index contributed by atoms with van der Waals surface area (Å²) < 4.78 is 5.70. The second kappa shape index (κ2) is 6.60. The van der Waals surface area contributed by atoms with Crippen molar-refractivity contribution in [2.45, 2.75) is 44.6 Å². The van der Waals surface area contributed by atoms with Crippen molar-refractivity contribution in [3.05, 3.63) is 29.8 Å². The van der Waals surface area contributed by atoms with Crippen molar-refractivity contribution < 1.29 is 14.3 Å². The summed E-state index contributed by atoms with van der Waals surface area (Å²) in [7, 11) is 0. The summed E-state index contributed by atoms with van der Waals surface area (Å²) in [5.41, 5.74) is 0.567. The molecule has 23 heavy (non-hydrogen) atoms. The summed E-state index contributed by atoms with van der Waals surface area (Å²) in [5.74, 6) is 0.825. The number of carbonyl (C=O) groups excluding carboxylic acids is 2. The summed E-state index contributed by atoms with van der Waals surface area (Å²) >= 11 is 0. The summed E-state index contributed by atoms with van der Waals surface area (Å²) in [6, 6.07) is 7.24. The Labute approximate surface area is 137 Å². The standard InChI is InChI=1S/C18H24N2O3/c1-18(8-4-9-18)19-17(22)14-5-2-6-15(13-14)23-12-11-20-10-3-7-16(20)21/h2,5-6,13H,3-4,7-12H2,1H3,(H,19,22). The third kappa shape index (κ3) is 3.84. The second-order valence-corrected chi connectivity index (χ2v) is 6.73. The van der Waals surface area contributed by atoms with E-state index in [-0.39, 0.29) is 17.4 Å². The van der Waals surface area contributed by atoms with Gasteiger partial charge >= 0.3 is 0 Å². The predicted octanol–water partition coefficient (Wildman–Crippen LogP) is 2.36. The van der Waals surface area contributed by atoms with Crippen molar-refractivity contribution in [2.24, 2.45) is 0 Å². The van der Waals surface area contributed by atoms with Crippen LogP contribution in [-0.2, 0) is 4.79 Å². The topological polar surface area (TPSA) is 58.6 Å². The van der Waals surface area contributed by atoms with Crippen molar-refractivity contribution in [3.8, 4) is 5.75 Å². The van der Waals surface area contributed by atoms with Gasteiger partial charge in [-0.25, -0.2) is 0 Å². The molecule has 2 fully saturated rings. The Hall–Kier alpha value is -2.04. The highest BCUT2D eigenvalue weighted by molar-refractivity contribution is 5.95. The van der Waals surface area contributed by atoms with E-state index >= 15 is 0 Å². The summed E-state index contributed by atoms with van der Waals surface area (Å²) in [5, 5.41) is 3.10. The summed E-state index contributed by atoms with van der Waals surface area (Å²) in [6.45, 7) is 3.97. The molecular formula is C18H24N2O3. The van der Waals surface area contributed by atoms with Crippen molar-refractivity contribution in [2.75, 3.05) is 19.7 Å². The quantitative estimate of drug-likeness (QED) is 0.876. The zero-order valence-corrected chi connectivity index (χ0v) is 13.6. The van der Waals surface area contributed by atoms with Crippen LogP contribution in [0.15, 0.2) is 24.3 Å². The molecule has 2 amide bonds. The molecule has 0 atom stereocenters. The Morgan fingerprint density at radius 2 is 2.17 bits per heavy atom. The van der Waals surface area contributed by atoms with Gasteiger partial charge in [-0.2, -0.15) is 0 Å². The number of nitrogens with one attached hydrogen (secondary N) is 1. The number of carbonyl (C=O) groups is 2. The molecule has 0 spiro atoms. The molecule has 124 valence electrons. The van der Waals surface area contributed by atoms with Crippen LogP contribution in [0.3, 0.4) is 0 Å². The van der Waals surface area contributed by atoms with E-state index in [4.69, 9.17) is 4.74 Å². The highest BCUT2D eigenvalue weighted by Crippen LogP contribution is 2.31. The van der Waals surface area contributed by atoms with Gasteiger partial charge in [0.1, 0.15) is 12.4 Å². The number of likely N-dealkylation sites (tertiary alicyclic amines) is 1. The molecule has 1 aliphatic heterocycles. The Morgan fingerprint density at radius 3 is 2.83 bits per heavy atom. The molecule has 0 aromatic heterocycles. The van der Waals surface area contributed by atoms with Gasteiger partial charge in [0.05, 0.1) is 6.54 Å². The van der Waals surface area contributed by atoms with Crippen LogP contribution in [0.2, 0.25) is 0 Å². The molecule has 1 aromatic rings. The second-order valence-electron chi connectivity index (χ2n) is 6.73. The van der Waals surface area contributed by atoms with E-state index in [0.717, 1.165) is 25.8 Å². The maximum atomic E-state index is 12.3. The number of hydrogen-bond donors (Lipinski definition) is 1. The molecule has 1 saturated heterocycles. The van der Waals surface area contributed by atoms with Crippen molar-refractivity contribution in [1.29, 1.82) is 0 Å². The molecule has 3 rings (SSSR count). The first-order chi connectivity index (χ1) is 11.1. The van der Waals surface area contributed by atoms with E-state index in [2.05, 4.69) is 12.2 Å². The smallest absolute Gasteiger partial charge is 0.251 e. The minimum atomic E-state index is -0.0515. The first-order valence-corrected chi connectivity index (χ1v) is 8.39. The molecule has 0 radical (unpaired) electrons. The van der Waals surface area contributed by atoms with Gasteiger partial charge in [0.15, 0.2) is 0 Å². The zero-order chi connectivity index (χ0) is 16.3. The van der Waals surface area contributed by atoms with Crippen LogP contribution in [0.1, 0.15) is 49.4 Å². The molecule has 2 aliphatic rings. The van der Waals surface area contributed by atoms with Crippen molar-refractivity contribution in [3.63, 3.8) is 0 Å². The van der Waals surface area contributed by atoms with Crippen LogP contribution in [0, 0.1) is 0 Å². The SMILES string of the molecule is CC1(NC(=O)c2cccc(OCCN3CCCC3=O)c2)CCC1. The Kier molecular flexibility index (Phi) is 4.55. The lowest BCUT2D eigenvalue weighted by Gasteiger charge is -2.39. The summed E-state index contributed by atoms with van der Waals surface area (Å²) in [4.78, 5) is 25.7. The van der Waals surface area contributed by atoms with E-state index in [9.17, 15) is 9.59 Å². The molecule has 1 N–H and O–H groups in total. The first kappa shape index (κ1) is 15.8. The molecule has 0 bridgehead atoms. The Balaban J connectivity index is 1.52. The van der Waals surface area contributed by atoms with E-state index in [1.807, 2.05) is 17.0 Å². The van der Waals surface area contributed by atoms with Gasteiger partial charge in [-0.15, -0.1) is 0 Å². The van der Waals surface area contributed by atoms with Gasteiger partial charge in [0.25, 0.3) is 5.91 Å². The van der Waals surface area contributed by atoms with Gasteiger partial charge in [-0.3, -0.25) is 9.59 Å². The van der Waals surface area contributed by atoms with Crippen molar-refractivity contribution >= 4 is 11.8 Å². The number of amides is 2. The molecule has 0 unspecified atom stereocenters. The fourth-order valence-electron chi connectivity index (χ4n) is 3.12. The van der Waals surface area contributed by atoms with Crippen LogP contribution in [0.25, 0.3) is 0 Å². The highest BCUT2D eigenvalue weighted by atomic mass is 16.5. The minimum absolute atomic E-state index is 0.0487. The Bertz CT molecular complexity index is 596. The van der Waals surface area contributed by atoms with Crippen LogP contribution in [0.5, 0.6) is 5.75 Å². The number of benzene rings is 1. The third-order valence-electron chi connectivity index (χ3n) is 4.77. The fraction of sp³-hybridized carbons (Fsp3) is 0.556. The van der Waals surface area contributed by atoms with Gasteiger partial charge in [0, 0.05) is 24.1 Å². The molecule has 1 aliphatic carbocycles. The average Bonchev–Trinajstić information content (AvgIpc) is 2.91. The maximum Gasteiger partial charge on any atom is 0.251 e. The number of ether oxygens (including phenoxy) is 1. The van der Waals surface area contributed by atoms with E-state index in [1.165, 1.54) is 6.42 Å².